The summed E-state index contributed by atoms with van der Waals surface area (Å²) >= 11 is 0. The van der Waals surface area contributed by atoms with E-state index in [9.17, 15) is 4.79 Å². The van der Waals surface area contributed by atoms with Gasteiger partial charge in [0.2, 0.25) is 5.91 Å². The molecule has 1 N–H and O–H groups in total. The van der Waals surface area contributed by atoms with Crippen LogP contribution in [-0.2, 0) is 14.3 Å². The molecule has 0 radical (unpaired) electrons. The highest BCUT2D eigenvalue weighted by atomic mass is 16.5. The van der Waals surface area contributed by atoms with Crippen molar-refractivity contribution >= 4 is 5.91 Å². The highest BCUT2D eigenvalue weighted by molar-refractivity contribution is 5.77. The Labute approximate surface area is 115 Å². The van der Waals surface area contributed by atoms with Crippen molar-refractivity contribution in [3.8, 4) is 0 Å². The minimum atomic E-state index is 0.129. The van der Waals surface area contributed by atoms with Crippen LogP contribution in [0.4, 0.5) is 0 Å². The molecule has 5 nitrogen and oxygen atoms in total. The van der Waals surface area contributed by atoms with E-state index in [1.54, 1.807) is 0 Å². The maximum Gasteiger partial charge on any atom is 0.248 e. The highest BCUT2D eigenvalue weighted by Crippen LogP contribution is 2.26. The fourth-order valence-electron chi connectivity index (χ4n) is 2.98. The molecule has 0 aliphatic carbocycles. The SMILES string of the molecule is CCOCCOCC(=O)N1CC[C@@H]2CNC[C@@H]2CC1. The van der Waals surface area contributed by atoms with Crippen LogP contribution < -0.4 is 5.32 Å². The van der Waals surface area contributed by atoms with Gasteiger partial charge in [0.25, 0.3) is 0 Å². The van der Waals surface area contributed by atoms with Gasteiger partial charge in [0.1, 0.15) is 6.61 Å². The summed E-state index contributed by atoms with van der Waals surface area (Å²) in [6.45, 7) is 7.93. The molecule has 1 amide bonds. The number of hydrogen-bond donors (Lipinski definition) is 1. The minimum absolute atomic E-state index is 0.129. The van der Waals surface area contributed by atoms with Crippen LogP contribution in [0.3, 0.4) is 0 Å². The Hall–Kier alpha value is -0.650. The molecule has 0 aromatic rings. The van der Waals surface area contributed by atoms with Crippen molar-refractivity contribution in [2.45, 2.75) is 19.8 Å². The monoisotopic (exact) mass is 270 g/mol. The first-order chi connectivity index (χ1) is 9.31. The molecule has 0 aromatic heterocycles. The third-order valence-electron chi connectivity index (χ3n) is 4.17. The number of nitrogens with one attached hydrogen (secondary N) is 1. The number of likely N-dealkylation sites (tertiary alicyclic amines) is 1. The molecule has 2 fully saturated rings. The zero-order valence-electron chi connectivity index (χ0n) is 11.9. The Bertz CT molecular complexity index is 272. The minimum Gasteiger partial charge on any atom is -0.379 e. The summed E-state index contributed by atoms with van der Waals surface area (Å²) in [6.07, 6.45) is 2.25. The largest absolute Gasteiger partial charge is 0.379 e. The Morgan fingerprint density at radius 2 is 1.79 bits per heavy atom. The number of fused-ring (bicyclic) bond motifs is 1. The van der Waals surface area contributed by atoms with E-state index >= 15 is 0 Å². The second-order valence-corrected chi connectivity index (χ2v) is 5.39. The quantitative estimate of drug-likeness (QED) is 0.714. The molecule has 0 unspecified atom stereocenters. The topological polar surface area (TPSA) is 50.8 Å². The van der Waals surface area contributed by atoms with E-state index in [1.165, 1.54) is 0 Å². The van der Waals surface area contributed by atoms with E-state index in [1.807, 2.05) is 11.8 Å². The van der Waals surface area contributed by atoms with E-state index in [0.717, 1.165) is 50.9 Å². The van der Waals surface area contributed by atoms with Gasteiger partial charge >= 0.3 is 0 Å². The van der Waals surface area contributed by atoms with Crippen molar-refractivity contribution in [3.63, 3.8) is 0 Å². The average molecular weight is 270 g/mol. The van der Waals surface area contributed by atoms with Gasteiger partial charge < -0.3 is 19.7 Å². The van der Waals surface area contributed by atoms with Crippen LogP contribution in [-0.4, -0.2) is 63.4 Å². The molecule has 0 bridgehead atoms. The third kappa shape index (κ3) is 4.44. The summed E-state index contributed by atoms with van der Waals surface area (Å²) < 4.78 is 10.5. The van der Waals surface area contributed by atoms with E-state index in [-0.39, 0.29) is 12.5 Å². The number of carbonyl (C=O) groups is 1. The van der Waals surface area contributed by atoms with Gasteiger partial charge in [-0.15, -0.1) is 0 Å². The standard InChI is InChI=1S/C14H26N2O3/c1-2-18-7-8-19-11-14(17)16-5-3-12-9-15-10-13(12)4-6-16/h12-13,15H,2-11H2,1H3/t12-,13+. The molecule has 0 spiro atoms. The van der Waals surface area contributed by atoms with Gasteiger partial charge in [0.15, 0.2) is 0 Å². The first-order valence-corrected chi connectivity index (χ1v) is 7.45. The van der Waals surface area contributed by atoms with Gasteiger partial charge in [-0.1, -0.05) is 0 Å². The normalized spacial score (nSPS) is 27.1. The molecule has 2 saturated heterocycles. The number of rotatable bonds is 6. The number of nitrogens with zero attached hydrogens (tertiary/aromatic N) is 1. The lowest BCUT2D eigenvalue weighted by molar-refractivity contribution is -0.136. The molecule has 110 valence electrons. The molecule has 2 aliphatic rings. The second kappa shape index (κ2) is 7.82. The molecule has 2 rings (SSSR count). The Morgan fingerprint density at radius 1 is 1.16 bits per heavy atom. The lowest BCUT2D eigenvalue weighted by atomic mass is 9.92. The highest BCUT2D eigenvalue weighted by Gasteiger charge is 2.31. The molecule has 5 heteroatoms. The summed E-state index contributed by atoms with van der Waals surface area (Å²) in [4.78, 5) is 14.0. The molecule has 2 aliphatic heterocycles. The van der Waals surface area contributed by atoms with Gasteiger partial charge in [-0.3, -0.25) is 4.79 Å². The van der Waals surface area contributed by atoms with Crippen molar-refractivity contribution in [1.82, 2.24) is 10.2 Å². The summed E-state index contributed by atoms with van der Waals surface area (Å²) in [5.41, 5.74) is 0. The van der Waals surface area contributed by atoms with Gasteiger partial charge in [-0.2, -0.15) is 0 Å². The third-order valence-corrected chi connectivity index (χ3v) is 4.17. The van der Waals surface area contributed by atoms with Crippen LogP contribution in [0.25, 0.3) is 0 Å². The molecule has 2 heterocycles. The maximum absolute atomic E-state index is 12.0. The molecule has 0 saturated carbocycles. The molecular formula is C14H26N2O3. The van der Waals surface area contributed by atoms with Crippen molar-refractivity contribution in [1.29, 1.82) is 0 Å². The van der Waals surface area contributed by atoms with Crippen LogP contribution in [0.5, 0.6) is 0 Å². The summed E-state index contributed by atoms with van der Waals surface area (Å²) in [5.74, 6) is 1.65. The molecule has 19 heavy (non-hydrogen) atoms. The summed E-state index contributed by atoms with van der Waals surface area (Å²) in [6, 6.07) is 0. The van der Waals surface area contributed by atoms with Crippen molar-refractivity contribution < 1.29 is 14.3 Å². The predicted octanol–water partition coefficient (Wildman–Crippen LogP) is 0.498. The van der Waals surface area contributed by atoms with Crippen molar-refractivity contribution in [2.75, 3.05) is 52.6 Å². The molecule has 2 atom stereocenters. The van der Waals surface area contributed by atoms with Crippen molar-refractivity contribution in [3.05, 3.63) is 0 Å². The number of ether oxygens (including phenoxy) is 2. The zero-order valence-corrected chi connectivity index (χ0v) is 11.9. The van der Waals surface area contributed by atoms with Crippen LogP contribution in [0.1, 0.15) is 19.8 Å². The fraction of sp³-hybridized carbons (Fsp3) is 0.929. The first kappa shape index (κ1) is 14.8. The van der Waals surface area contributed by atoms with Crippen LogP contribution in [0.15, 0.2) is 0 Å². The summed E-state index contributed by atoms with van der Waals surface area (Å²) in [5, 5.41) is 3.45. The molecule has 0 aromatic carbocycles. The van der Waals surface area contributed by atoms with E-state index in [4.69, 9.17) is 9.47 Å². The zero-order chi connectivity index (χ0) is 13.5. The summed E-state index contributed by atoms with van der Waals surface area (Å²) in [7, 11) is 0. The van der Waals surface area contributed by atoms with Gasteiger partial charge in [0.05, 0.1) is 13.2 Å². The van der Waals surface area contributed by atoms with Gasteiger partial charge in [-0.25, -0.2) is 0 Å². The van der Waals surface area contributed by atoms with Gasteiger partial charge in [-0.05, 0) is 44.7 Å². The maximum atomic E-state index is 12.0. The van der Waals surface area contributed by atoms with Crippen molar-refractivity contribution in [2.24, 2.45) is 11.8 Å². The lowest BCUT2D eigenvalue weighted by Gasteiger charge is -2.20. The van der Waals surface area contributed by atoms with Crippen LogP contribution in [0, 0.1) is 11.8 Å². The van der Waals surface area contributed by atoms with Crippen LogP contribution in [0.2, 0.25) is 0 Å². The smallest absolute Gasteiger partial charge is 0.248 e. The Kier molecular flexibility index (Phi) is 6.07. The van der Waals surface area contributed by atoms with E-state index in [2.05, 4.69) is 5.32 Å². The van der Waals surface area contributed by atoms with E-state index in [0.29, 0.717) is 19.8 Å². The second-order valence-electron chi connectivity index (χ2n) is 5.39. The predicted molar refractivity (Wildman–Crippen MR) is 73.0 cm³/mol. The van der Waals surface area contributed by atoms with Gasteiger partial charge in [0, 0.05) is 19.7 Å². The Morgan fingerprint density at radius 3 is 2.42 bits per heavy atom. The molecular weight excluding hydrogens is 244 g/mol. The van der Waals surface area contributed by atoms with E-state index < -0.39 is 0 Å². The number of hydrogen-bond acceptors (Lipinski definition) is 4. The Balaban J connectivity index is 1.65. The number of amides is 1. The lowest BCUT2D eigenvalue weighted by Crippen LogP contribution is -2.35. The van der Waals surface area contributed by atoms with Crippen LogP contribution >= 0.6 is 0 Å². The average Bonchev–Trinajstić information content (AvgIpc) is 2.77. The fourth-order valence-corrected chi connectivity index (χ4v) is 2.98. The number of carbonyl (C=O) groups excluding carboxylic acids is 1. The first-order valence-electron chi connectivity index (χ1n) is 7.45.